The van der Waals surface area contributed by atoms with Crippen molar-refractivity contribution in [1.82, 2.24) is 0 Å². The molecule has 0 bridgehead atoms. The van der Waals surface area contributed by atoms with Crippen LogP contribution in [0, 0.1) is 0 Å². The molecular formula is C16H30O5. The number of aliphatic hydroxyl groups excluding tert-OH is 3. The summed E-state index contributed by atoms with van der Waals surface area (Å²) in [6, 6.07) is 0. The zero-order valence-electron chi connectivity index (χ0n) is 13.0. The van der Waals surface area contributed by atoms with E-state index in [-0.39, 0.29) is 13.2 Å². The lowest BCUT2D eigenvalue weighted by Crippen LogP contribution is -2.40. The normalized spacial score (nSPS) is 27.5. The second-order valence-corrected chi connectivity index (χ2v) is 5.61. The predicted octanol–water partition coefficient (Wildman–Crippen LogP) is 1.40. The van der Waals surface area contributed by atoms with E-state index in [2.05, 4.69) is 19.1 Å². The summed E-state index contributed by atoms with van der Waals surface area (Å²) in [5.41, 5.74) is 0. The summed E-state index contributed by atoms with van der Waals surface area (Å²) in [5, 5.41) is 28.7. The predicted molar refractivity (Wildman–Crippen MR) is 81.1 cm³/mol. The maximum absolute atomic E-state index is 9.83. The standard InChI is InChI=1S/C16H30O5/c1-2-3-4-5-6-7-8-9-10-20-11-14(18)16-15(19)13(17)12-21-16/h5-6,13-19H,2-4,7-12H2,1H3/b6-5+/t13-,14+,15+,16+/m1/s1. The number of aliphatic hydroxyl groups is 3. The van der Waals surface area contributed by atoms with Crippen LogP contribution in [-0.2, 0) is 9.47 Å². The molecule has 0 spiro atoms. The fourth-order valence-electron chi connectivity index (χ4n) is 2.29. The zero-order chi connectivity index (χ0) is 15.5. The molecule has 1 saturated heterocycles. The first-order valence-corrected chi connectivity index (χ1v) is 8.05. The highest BCUT2D eigenvalue weighted by atomic mass is 16.5. The third kappa shape index (κ3) is 7.38. The SMILES string of the molecule is CCCC/C=C/CCCCOC[C@H](O)[C@@H]1OC[C@@H](O)[C@@H]1O. The van der Waals surface area contributed by atoms with Gasteiger partial charge in [0, 0.05) is 6.61 Å². The van der Waals surface area contributed by atoms with Crippen LogP contribution in [0.25, 0.3) is 0 Å². The van der Waals surface area contributed by atoms with E-state index < -0.39 is 24.4 Å². The highest BCUT2D eigenvalue weighted by Crippen LogP contribution is 2.17. The Labute approximate surface area is 127 Å². The minimum Gasteiger partial charge on any atom is -0.388 e. The van der Waals surface area contributed by atoms with Gasteiger partial charge in [-0.3, -0.25) is 0 Å². The maximum atomic E-state index is 9.83. The molecule has 0 unspecified atom stereocenters. The van der Waals surface area contributed by atoms with Crippen LogP contribution in [0.4, 0.5) is 0 Å². The molecule has 0 saturated carbocycles. The molecule has 0 aromatic rings. The molecule has 1 aliphatic rings. The van der Waals surface area contributed by atoms with Crippen LogP contribution in [0.2, 0.25) is 0 Å². The fraction of sp³-hybridized carbons (Fsp3) is 0.875. The Balaban J connectivity index is 1.95. The van der Waals surface area contributed by atoms with Gasteiger partial charge in [0.2, 0.25) is 0 Å². The second kappa shape index (κ2) is 11.2. The van der Waals surface area contributed by atoms with Gasteiger partial charge in [0.15, 0.2) is 0 Å². The summed E-state index contributed by atoms with van der Waals surface area (Å²) in [4.78, 5) is 0. The Morgan fingerprint density at radius 2 is 1.90 bits per heavy atom. The first-order valence-electron chi connectivity index (χ1n) is 8.05. The third-order valence-corrected chi connectivity index (χ3v) is 3.66. The number of unbranched alkanes of at least 4 members (excludes halogenated alkanes) is 4. The van der Waals surface area contributed by atoms with Crippen molar-refractivity contribution in [3.05, 3.63) is 12.2 Å². The number of ether oxygens (including phenoxy) is 2. The van der Waals surface area contributed by atoms with Gasteiger partial charge in [0.1, 0.15) is 24.4 Å². The van der Waals surface area contributed by atoms with Gasteiger partial charge < -0.3 is 24.8 Å². The van der Waals surface area contributed by atoms with Crippen molar-refractivity contribution < 1.29 is 24.8 Å². The largest absolute Gasteiger partial charge is 0.388 e. The molecule has 4 atom stereocenters. The van der Waals surface area contributed by atoms with Crippen LogP contribution in [0.5, 0.6) is 0 Å². The van der Waals surface area contributed by atoms with Crippen LogP contribution in [-0.4, -0.2) is 59.6 Å². The Morgan fingerprint density at radius 1 is 1.19 bits per heavy atom. The molecular weight excluding hydrogens is 272 g/mol. The van der Waals surface area contributed by atoms with Gasteiger partial charge in [0.25, 0.3) is 0 Å². The van der Waals surface area contributed by atoms with Gasteiger partial charge in [-0.1, -0.05) is 31.9 Å². The van der Waals surface area contributed by atoms with Crippen LogP contribution < -0.4 is 0 Å². The van der Waals surface area contributed by atoms with E-state index in [4.69, 9.17) is 9.47 Å². The molecule has 1 heterocycles. The lowest BCUT2D eigenvalue weighted by molar-refractivity contribution is -0.0813. The molecule has 0 aliphatic carbocycles. The lowest BCUT2D eigenvalue weighted by atomic mass is 10.1. The minimum absolute atomic E-state index is 0.0628. The van der Waals surface area contributed by atoms with Crippen LogP contribution in [0.3, 0.4) is 0 Å². The second-order valence-electron chi connectivity index (χ2n) is 5.61. The Morgan fingerprint density at radius 3 is 2.52 bits per heavy atom. The zero-order valence-corrected chi connectivity index (χ0v) is 13.0. The van der Waals surface area contributed by atoms with Crippen LogP contribution in [0.15, 0.2) is 12.2 Å². The number of hydrogen-bond donors (Lipinski definition) is 3. The Bertz CT molecular complexity index is 282. The molecule has 0 radical (unpaired) electrons. The maximum Gasteiger partial charge on any atom is 0.114 e. The molecule has 21 heavy (non-hydrogen) atoms. The monoisotopic (exact) mass is 302 g/mol. The quantitative estimate of drug-likeness (QED) is 0.397. The van der Waals surface area contributed by atoms with Crippen molar-refractivity contribution in [2.75, 3.05) is 19.8 Å². The summed E-state index contributed by atoms with van der Waals surface area (Å²) < 4.78 is 10.5. The van der Waals surface area contributed by atoms with Gasteiger partial charge in [-0.2, -0.15) is 0 Å². The van der Waals surface area contributed by atoms with E-state index in [9.17, 15) is 15.3 Å². The highest BCUT2D eigenvalue weighted by molar-refractivity contribution is 4.87. The van der Waals surface area contributed by atoms with Crippen LogP contribution >= 0.6 is 0 Å². The fourth-order valence-corrected chi connectivity index (χ4v) is 2.29. The summed E-state index contributed by atoms with van der Waals surface area (Å²) in [6.45, 7) is 2.97. The number of allylic oxidation sites excluding steroid dienone is 2. The van der Waals surface area contributed by atoms with Crippen molar-refractivity contribution in [3.8, 4) is 0 Å². The molecule has 1 rings (SSSR count). The van der Waals surface area contributed by atoms with E-state index in [1.165, 1.54) is 12.8 Å². The van der Waals surface area contributed by atoms with Crippen molar-refractivity contribution >= 4 is 0 Å². The lowest BCUT2D eigenvalue weighted by Gasteiger charge is -2.20. The molecule has 0 aromatic heterocycles. The summed E-state index contributed by atoms with van der Waals surface area (Å²) in [5.74, 6) is 0. The molecule has 1 aliphatic heterocycles. The summed E-state index contributed by atoms with van der Waals surface area (Å²) in [6.07, 6.45) is 7.58. The first kappa shape index (κ1) is 18.6. The van der Waals surface area contributed by atoms with Gasteiger partial charge in [-0.05, 0) is 25.7 Å². The Kier molecular flexibility index (Phi) is 9.87. The van der Waals surface area contributed by atoms with E-state index >= 15 is 0 Å². The van der Waals surface area contributed by atoms with Gasteiger partial charge in [-0.25, -0.2) is 0 Å². The van der Waals surface area contributed by atoms with Crippen molar-refractivity contribution in [2.45, 2.75) is 69.9 Å². The van der Waals surface area contributed by atoms with E-state index in [0.717, 1.165) is 25.7 Å². The average molecular weight is 302 g/mol. The highest BCUT2D eigenvalue weighted by Gasteiger charge is 2.39. The molecule has 0 aromatic carbocycles. The van der Waals surface area contributed by atoms with Crippen molar-refractivity contribution in [2.24, 2.45) is 0 Å². The smallest absolute Gasteiger partial charge is 0.114 e. The molecule has 1 fully saturated rings. The van der Waals surface area contributed by atoms with Gasteiger partial charge in [-0.15, -0.1) is 0 Å². The topological polar surface area (TPSA) is 79.2 Å². The first-order chi connectivity index (χ1) is 10.2. The third-order valence-electron chi connectivity index (χ3n) is 3.66. The van der Waals surface area contributed by atoms with E-state index in [0.29, 0.717) is 6.61 Å². The number of hydrogen-bond acceptors (Lipinski definition) is 5. The van der Waals surface area contributed by atoms with Crippen molar-refractivity contribution in [1.29, 1.82) is 0 Å². The molecule has 0 amide bonds. The average Bonchev–Trinajstić information content (AvgIpc) is 2.81. The molecule has 124 valence electrons. The molecule has 3 N–H and O–H groups in total. The van der Waals surface area contributed by atoms with Gasteiger partial charge >= 0.3 is 0 Å². The molecule has 5 heteroatoms. The summed E-state index contributed by atoms with van der Waals surface area (Å²) >= 11 is 0. The molecule has 5 nitrogen and oxygen atoms in total. The van der Waals surface area contributed by atoms with Gasteiger partial charge in [0.05, 0.1) is 13.2 Å². The van der Waals surface area contributed by atoms with E-state index in [1.54, 1.807) is 0 Å². The summed E-state index contributed by atoms with van der Waals surface area (Å²) in [7, 11) is 0. The van der Waals surface area contributed by atoms with Crippen LogP contribution in [0.1, 0.15) is 45.4 Å². The minimum atomic E-state index is -1.03. The van der Waals surface area contributed by atoms with E-state index in [1.807, 2.05) is 0 Å². The van der Waals surface area contributed by atoms with Crippen molar-refractivity contribution in [3.63, 3.8) is 0 Å². The number of rotatable bonds is 11. The Hall–Kier alpha value is -0.460.